The van der Waals surface area contributed by atoms with Crippen molar-refractivity contribution in [2.24, 2.45) is 5.18 Å². The van der Waals surface area contributed by atoms with Gasteiger partial charge in [0, 0.05) is 16.5 Å². The van der Waals surface area contributed by atoms with E-state index in [-0.39, 0.29) is 23.5 Å². The van der Waals surface area contributed by atoms with Crippen molar-refractivity contribution in [3.05, 3.63) is 61.8 Å². The van der Waals surface area contributed by atoms with E-state index in [0.29, 0.717) is 35.4 Å². The predicted molar refractivity (Wildman–Crippen MR) is 99.9 cm³/mol. The van der Waals surface area contributed by atoms with Crippen molar-refractivity contribution in [1.29, 1.82) is 0 Å². The Morgan fingerprint density at radius 3 is 2.86 bits per heavy atom. The lowest BCUT2D eigenvalue weighted by Gasteiger charge is -2.20. The minimum Gasteiger partial charge on any atom is -0.508 e. The summed E-state index contributed by atoms with van der Waals surface area (Å²) in [4.78, 5) is 40.8. The maximum Gasteiger partial charge on any atom is 0.339 e. The molecule has 0 aliphatic carbocycles. The van der Waals surface area contributed by atoms with Crippen molar-refractivity contribution in [2.45, 2.75) is 32.5 Å². The third kappa shape index (κ3) is 2.08. The summed E-state index contributed by atoms with van der Waals surface area (Å²) < 4.78 is 6.55. The number of hydrogen-bond acceptors (Lipinski definition) is 7. The van der Waals surface area contributed by atoms with E-state index < -0.39 is 12.0 Å². The Bertz CT molecular complexity index is 1260. The number of nitroso groups, excluding NO2 is 1. The van der Waals surface area contributed by atoms with E-state index in [1.165, 1.54) is 0 Å². The number of carbonyl (C=O) groups excluding carboxylic acids is 1. The fraction of sp³-hybridized carbons (Fsp3) is 0.250. The molecule has 2 aliphatic heterocycles. The fourth-order valence-electron chi connectivity index (χ4n) is 4.20. The van der Waals surface area contributed by atoms with E-state index in [4.69, 9.17) is 9.72 Å². The first-order valence-electron chi connectivity index (χ1n) is 8.94. The van der Waals surface area contributed by atoms with Crippen LogP contribution in [0.5, 0.6) is 5.75 Å². The van der Waals surface area contributed by atoms with Gasteiger partial charge in [0.1, 0.15) is 12.4 Å². The summed E-state index contributed by atoms with van der Waals surface area (Å²) in [6.07, 6.45) is 0.702. The number of nitrogens with zero attached hydrogens (tertiary/aromatic N) is 3. The van der Waals surface area contributed by atoms with Crippen LogP contribution in [0, 0.1) is 4.91 Å². The molecule has 3 aromatic rings. The third-order valence-corrected chi connectivity index (χ3v) is 5.52. The second-order valence-electron chi connectivity index (χ2n) is 6.94. The number of pyridine rings is 2. The van der Waals surface area contributed by atoms with Crippen LogP contribution in [0.25, 0.3) is 22.3 Å². The summed E-state index contributed by atoms with van der Waals surface area (Å²) in [5.74, 6) is -0.594. The first-order valence-corrected chi connectivity index (χ1v) is 8.94. The molecule has 0 radical (unpaired) electrons. The number of esters is 1. The molecule has 2 aromatic heterocycles. The van der Waals surface area contributed by atoms with Gasteiger partial charge in [-0.25, -0.2) is 9.78 Å². The van der Waals surface area contributed by atoms with E-state index in [1.807, 2.05) is 6.92 Å². The number of rotatable bonds is 2. The lowest BCUT2D eigenvalue weighted by molar-refractivity contribution is -0.148. The third-order valence-electron chi connectivity index (χ3n) is 5.52. The highest BCUT2D eigenvalue weighted by molar-refractivity contribution is 5.89. The van der Waals surface area contributed by atoms with Crippen LogP contribution >= 0.6 is 0 Å². The zero-order valence-electron chi connectivity index (χ0n) is 14.9. The molecule has 0 fully saturated rings. The molecular weight excluding hydrogens is 362 g/mol. The van der Waals surface area contributed by atoms with Gasteiger partial charge in [-0.15, -0.1) is 4.91 Å². The van der Waals surface area contributed by atoms with Gasteiger partial charge in [-0.05, 0) is 41.4 Å². The zero-order valence-corrected chi connectivity index (χ0v) is 14.9. The zero-order chi connectivity index (χ0) is 19.6. The first kappa shape index (κ1) is 16.6. The average Bonchev–Trinajstić information content (AvgIpc) is 3.05. The number of fused-ring (bicyclic) bond motifs is 5. The summed E-state index contributed by atoms with van der Waals surface area (Å²) in [5.41, 5.74) is 4.10. The van der Waals surface area contributed by atoms with Crippen LogP contribution in [0.2, 0.25) is 0 Å². The van der Waals surface area contributed by atoms with Crippen molar-refractivity contribution in [2.75, 3.05) is 0 Å². The van der Waals surface area contributed by atoms with Gasteiger partial charge in [-0.2, -0.15) is 0 Å². The molecule has 1 atom stereocenters. The lowest BCUT2D eigenvalue weighted by atomic mass is 9.97. The number of hydrogen-bond donors (Lipinski definition) is 1. The highest BCUT2D eigenvalue weighted by atomic mass is 16.5. The second-order valence-corrected chi connectivity index (χ2v) is 6.94. The molecular formula is C20H15N3O5. The van der Waals surface area contributed by atoms with Crippen LogP contribution in [0.15, 0.2) is 34.2 Å². The van der Waals surface area contributed by atoms with Gasteiger partial charge in [-0.3, -0.25) is 4.79 Å². The van der Waals surface area contributed by atoms with Crippen LogP contribution in [0.4, 0.5) is 0 Å². The molecule has 4 heterocycles. The average molecular weight is 377 g/mol. The Hall–Kier alpha value is -3.55. The van der Waals surface area contributed by atoms with E-state index in [0.717, 1.165) is 16.5 Å². The van der Waals surface area contributed by atoms with Gasteiger partial charge < -0.3 is 14.4 Å². The van der Waals surface area contributed by atoms with Crippen molar-refractivity contribution < 1.29 is 14.6 Å². The molecule has 0 saturated carbocycles. The Labute approximate surface area is 158 Å². The summed E-state index contributed by atoms with van der Waals surface area (Å²) >= 11 is 0. The summed E-state index contributed by atoms with van der Waals surface area (Å²) in [6.45, 7) is 2.18. The summed E-state index contributed by atoms with van der Waals surface area (Å²) in [5, 5.41) is 13.6. The Balaban J connectivity index is 1.83. The molecule has 1 N–H and O–H groups in total. The van der Waals surface area contributed by atoms with Gasteiger partial charge in [0.05, 0.1) is 29.0 Å². The number of benzene rings is 1. The maximum absolute atomic E-state index is 13.0. The minimum absolute atomic E-state index is 0.155. The number of phenols is 1. The normalized spacial score (nSPS) is 17.0. The minimum atomic E-state index is -1.34. The number of phenolic OH excluding ortho intramolecular Hbond substituents is 1. The monoisotopic (exact) mass is 377 g/mol. The predicted octanol–water partition coefficient (Wildman–Crippen LogP) is 2.56. The molecule has 28 heavy (non-hydrogen) atoms. The molecule has 140 valence electrons. The molecule has 5 rings (SSSR count). The standard InChI is InChI=1S/C20H15N3O5/c1-2-10-11-5-9(24)3-4-15(11)21-17-13(10)7-23-16(17)6-12-14(19(23)25)8-28-20(26)18(12)22-27/h3-6,18,24H,2,7-8H2,1H3/t18-/m0/s1. The fourth-order valence-corrected chi connectivity index (χ4v) is 4.20. The lowest BCUT2D eigenvalue weighted by Crippen LogP contribution is -2.32. The van der Waals surface area contributed by atoms with E-state index in [2.05, 4.69) is 5.18 Å². The molecule has 0 spiro atoms. The topological polar surface area (TPSA) is 111 Å². The molecule has 8 nitrogen and oxygen atoms in total. The van der Waals surface area contributed by atoms with Gasteiger partial charge in [0.15, 0.2) is 0 Å². The van der Waals surface area contributed by atoms with Crippen molar-refractivity contribution in [3.63, 3.8) is 0 Å². The highest BCUT2D eigenvalue weighted by Crippen LogP contribution is 2.39. The number of carbonyl (C=O) groups is 1. The summed E-state index contributed by atoms with van der Waals surface area (Å²) in [6, 6.07) is 5.30. The number of ether oxygens (including phenoxy) is 1. The van der Waals surface area contributed by atoms with Gasteiger partial charge >= 0.3 is 5.97 Å². The van der Waals surface area contributed by atoms with Crippen molar-refractivity contribution in [3.8, 4) is 17.1 Å². The number of aromatic hydroxyl groups is 1. The van der Waals surface area contributed by atoms with E-state index >= 15 is 0 Å². The van der Waals surface area contributed by atoms with Crippen LogP contribution in [-0.2, 0) is 29.1 Å². The van der Waals surface area contributed by atoms with Crippen LogP contribution in [0.1, 0.15) is 35.2 Å². The molecule has 2 aliphatic rings. The summed E-state index contributed by atoms with van der Waals surface area (Å²) in [7, 11) is 0. The first-order chi connectivity index (χ1) is 13.5. The second kappa shape index (κ2) is 5.72. The van der Waals surface area contributed by atoms with Gasteiger partial charge in [-0.1, -0.05) is 6.92 Å². The number of aryl methyl sites for hydroxylation is 1. The van der Waals surface area contributed by atoms with Gasteiger partial charge in [0.2, 0.25) is 6.04 Å². The van der Waals surface area contributed by atoms with Crippen LogP contribution in [-0.4, -0.2) is 20.6 Å². The molecule has 0 bridgehead atoms. The van der Waals surface area contributed by atoms with Crippen LogP contribution < -0.4 is 5.56 Å². The number of cyclic esters (lactones) is 1. The van der Waals surface area contributed by atoms with E-state index in [1.54, 1.807) is 28.8 Å². The SMILES string of the molecule is CCc1c2c(nc3ccc(O)cc13)-c1cc3c(c(=O)n1C2)COC(=O)[C@H]3N=O. The molecule has 0 saturated heterocycles. The van der Waals surface area contributed by atoms with Crippen molar-refractivity contribution in [1.82, 2.24) is 9.55 Å². The highest BCUT2D eigenvalue weighted by Gasteiger charge is 2.36. The molecule has 8 heteroatoms. The van der Waals surface area contributed by atoms with Crippen LogP contribution in [0.3, 0.4) is 0 Å². The molecule has 0 unspecified atom stereocenters. The Kier molecular flexibility index (Phi) is 3.39. The van der Waals surface area contributed by atoms with Crippen molar-refractivity contribution >= 4 is 16.9 Å². The quantitative estimate of drug-likeness (QED) is 0.424. The smallest absolute Gasteiger partial charge is 0.339 e. The largest absolute Gasteiger partial charge is 0.508 e. The molecule has 0 amide bonds. The maximum atomic E-state index is 13.0. The van der Waals surface area contributed by atoms with Gasteiger partial charge in [0.25, 0.3) is 5.56 Å². The number of aromatic nitrogens is 2. The Morgan fingerprint density at radius 1 is 1.29 bits per heavy atom. The molecule has 1 aromatic carbocycles. The Morgan fingerprint density at radius 2 is 2.11 bits per heavy atom. The van der Waals surface area contributed by atoms with E-state index in [9.17, 15) is 19.6 Å².